The molecule has 1 aromatic carbocycles. The Morgan fingerprint density at radius 2 is 1.42 bits per heavy atom. The maximum atomic E-state index is 10.3. The lowest BCUT2D eigenvalue weighted by Gasteiger charge is -1.95. The minimum absolute atomic E-state index is 0.0671. The molecular formula is C11H12O8. The average Bonchev–Trinajstić information content (AvgIpc) is 2.29. The summed E-state index contributed by atoms with van der Waals surface area (Å²) < 4.78 is 4.16. The van der Waals surface area contributed by atoms with E-state index in [1.807, 2.05) is 0 Å². The van der Waals surface area contributed by atoms with Crippen molar-refractivity contribution in [3.63, 3.8) is 0 Å². The fourth-order valence-electron chi connectivity index (χ4n) is 0.880. The van der Waals surface area contributed by atoms with Gasteiger partial charge in [-0.2, -0.15) is 0 Å². The highest BCUT2D eigenvalue weighted by Crippen LogP contribution is 2.14. The monoisotopic (exact) mass is 272 g/mol. The number of benzene rings is 1. The highest BCUT2D eigenvalue weighted by Gasteiger charge is 2.05. The van der Waals surface area contributed by atoms with Gasteiger partial charge in [0.25, 0.3) is 0 Å². The predicted molar refractivity (Wildman–Crippen MR) is 61.2 cm³/mol. The summed E-state index contributed by atoms with van der Waals surface area (Å²) in [5.41, 5.74) is -0.0671. The van der Waals surface area contributed by atoms with Crippen LogP contribution in [0.15, 0.2) is 24.3 Å². The first-order valence-electron chi connectivity index (χ1n) is 4.87. The lowest BCUT2D eigenvalue weighted by Crippen LogP contribution is -2.13. The van der Waals surface area contributed by atoms with Gasteiger partial charge in [0.1, 0.15) is 24.5 Å². The van der Waals surface area contributed by atoms with Crippen molar-refractivity contribution in [2.45, 2.75) is 0 Å². The highest BCUT2D eigenvalue weighted by atomic mass is 16.5. The van der Waals surface area contributed by atoms with Gasteiger partial charge in [-0.25, -0.2) is 14.4 Å². The first-order chi connectivity index (χ1) is 8.84. The molecule has 0 aliphatic carbocycles. The Labute approximate surface area is 107 Å². The first kappa shape index (κ1) is 16.4. The molecule has 0 radical (unpaired) electrons. The van der Waals surface area contributed by atoms with E-state index in [4.69, 9.17) is 20.4 Å². The number of ether oxygens (including phenoxy) is 1. The first-order valence-corrected chi connectivity index (χ1v) is 4.87. The molecule has 0 saturated heterocycles. The van der Waals surface area contributed by atoms with Gasteiger partial charge in [-0.3, -0.25) is 0 Å². The number of carbonyl (C=O) groups is 3. The summed E-state index contributed by atoms with van der Waals surface area (Å²) in [6.45, 7) is -1.13. The second kappa shape index (κ2) is 8.48. The number of rotatable bonds is 5. The fraction of sp³-hybridized carbons (Fsp3) is 0.182. The van der Waals surface area contributed by atoms with E-state index < -0.39 is 31.1 Å². The lowest BCUT2D eigenvalue weighted by atomic mass is 10.2. The average molecular weight is 272 g/mol. The van der Waals surface area contributed by atoms with E-state index in [9.17, 15) is 14.4 Å². The van der Waals surface area contributed by atoms with Gasteiger partial charge in [0, 0.05) is 0 Å². The van der Waals surface area contributed by atoms with Gasteiger partial charge in [0.15, 0.2) is 0 Å². The van der Waals surface area contributed by atoms with Crippen LogP contribution in [-0.4, -0.2) is 51.5 Å². The van der Waals surface area contributed by atoms with Crippen LogP contribution in [-0.2, 0) is 14.3 Å². The van der Waals surface area contributed by atoms with Crippen LogP contribution in [0.3, 0.4) is 0 Å². The number of hydrogen-bond donors (Lipinski definition) is 4. The Kier molecular flexibility index (Phi) is 7.31. The molecule has 1 rings (SSSR count). The molecule has 19 heavy (non-hydrogen) atoms. The molecule has 0 amide bonds. The summed E-state index contributed by atoms with van der Waals surface area (Å²) in [4.78, 5) is 29.6. The van der Waals surface area contributed by atoms with Crippen molar-refractivity contribution in [1.29, 1.82) is 0 Å². The van der Waals surface area contributed by atoms with Crippen LogP contribution in [0.4, 0.5) is 0 Å². The number of aromatic carboxylic acids is 1. The number of phenols is 1. The molecule has 0 aliphatic heterocycles. The van der Waals surface area contributed by atoms with Gasteiger partial charge in [-0.15, -0.1) is 0 Å². The van der Waals surface area contributed by atoms with Gasteiger partial charge < -0.3 is 25.2 Å². The smallest absolute Gasteiger partial charge is 0.339 e. The Morgan fingerprint density at radius 3 is 1.74 bits per heavy atom. The minimum atomic E-state index is -1.17. The van der Waals surface area contributed by atoms with Crippen molar-refractivity contribution < 1.29 is 39.5 Å². The molecule has 8 nitrogen and oxygen atoms in total. The van der Waals surface area contributed by atoms with Crippen LogP contribution in [0.25, 0.3) is 0 Å². The molecule has 0 heterocycles. The van der Waals surface area contributed by atoms with Crippen molar-refractivity contribution in [3.8, 4) is 5.75 Å². The normalized spacial score (nSPS) is 9.05. The van der Waals surface area contributed by atoms with Crippen molar-refractivity contribution in [2.75, 3.05) is 13.2 Å². The summed E-state index contributed by atoms with van der Waals surface area (Å²) in [5.74, 6) is -3.65. The number of aromatic hydroxyl groups is 1. The number of hydrogen-bond acceptors (Lipinski definition) is 5. The quantitative estimate of drug-likeness (QED) is 0.598. The van der Waals surface area contributed by atoms with Crippen LogP contribution in [0.1, 0.15) is 10.4 Å². The van der Waals surface area contributed by atoms with E-state index in [1.54, 1.807) is 12.1 Å². The van der Waals surface area contributed by atoms with E-state index in [-0.39, 0.29) is 11.3 Å². The molecule has 1 aromatic rings. The van der Waals surface area contributed by atoms with Gasteiger partial charge in [0.05, 0.1) is 0 Å². The molecule has 0 saturated carbocycles. The molecule has 4 N–H and O–H groups in total. The maximum Gasteiger partial charge on any atom is 0.339 e. The number of aliphatic carboxylic acids is 2. The Hall–Kier alpha value is -2.61. The summed E-state index contributed by atoms with van der Waals surface area (Å²) in [5, 5.41) is 33.1. The van der Waals surface area contributed by atoms with E-state index in [0.29, 0.717) is 0 Å². The zero-order valence-corrected chi connectivity index (χ0v) is 9.65. The van der Waals surface area contributed by atoms with Crippen molar-refractivity contribution in [2.24, 2.45) is 0 Å². The number of carboxylic acid groups (broad SMARTS) is 3. The second-order valence-electron chi connectivity index (χ2n) is 3.10. The maximum absolute atomic E-state index is 10.3. The largest absolute Gasteiger partial charge is 0.507 e. The standard InChI is InChI=1S/C7H6O3.C4H6O5/c8-6-4-2-1-3-5(6)7(9)10;5-3(6)1-9-2-4(7)8/h1-4,8H,(H,9,10);1-2H2,(H,5,6)(H,7,8). The molecule has 0 aromatic heterocycles. The van der Waals surface area contributed by atoms with Crippen LogP contribution in [0.5, 0.6) is 5.75 Å². The third kappa shape index (κ3) is 8.16. The molecular weight excluding hydrogens is 260 g/mol. The summed E-state index contributed by atoms with van der Waals surface area (Å²) in [7, 11) is 0. The highest BCUT2D eigenvalue weighted by molar-refractivity contribution is 5.90. The van der Waals surface area contributed by atoms with Crippen molar-refractivity contribution in [1.82, 2.24) is 0 Å². The third-order valence-corrected chi connectivity index (χ3v) is 1.59. The van der Waals surface area contributed by atoms with E-state index in [0.717, 1.165) is 0 Å². The summed E-state index contributed by atoms with van der Waals surface area (Å²) in [6.07, 6.45) is 0. The molecule has 0 aliphatic rings. The van der Waals surface area contributed by atoms with Gasteiger partial charge in [-0.05, 0) is 12.1 Å². The minimum Gasteiger partial charge on any atom is -0.507 e. The van der Waals surface area contributed by atoms with E-state index >= 15 is 0 Å². The molecule has 0 fully saturated rings. The van der Waals surface area contributed by atoms with Gasteiger partial charge >= 0.3 is 17.9 Å². The topological polar surface area (TPSA) is 141 Å². The van der Waals surface area contributed by atoms with Crippen molar-refractivity contribution in [3.05, 3.63) is 29.8 Å². The van der Waals surface area contributed by atoms with Gasteiger partial charge in [-0.1, -0.05) is 12.1 Å². The summed E-state index contributed by atoms with van der Waals surface area (Å²) in [6, 6.07) is 5.81. The van der Waals surface area contributed by atoms with Gasteiger partial charge in [0.2, 0.25) is 0 Å². The molecule has 0 bridgehead atoms. The predicted octanol–water partition coefficient (Wildman–Crippen LogP) is 0.263. The second-order valence-corrected chi connectivity index (χ2v) is 3.10. The molecule has 0 atom stereocenters. The molecule has 104 valence electrons. The fourth-order valence-corrected chi connectivity index (χ4v) is 0.880. The Balaban J connectivity index is 0.000000344. The van der Waals surface area contributed by atoms with E-state index in [1.165, 1.54) is 12.1 Å². The SMILES string of the molecule is O=C(O)COCC(=O)O.O=C(O)c1ccccc1O. The van der Waals surface area contributed by atoms with Crippen LogP contribution in [0.2, 0.25) is 0 Å². The Morgan fingerprint density at radius 1 is 0.947 bits per heavy atom. The summed E-state index contributed by atoms with van der Waals surface area (Å²) >= 11 is 0. The van der Waals surface area contributed by atoms with Crippen LogP contribution < -0.4 is 0 Å². The van der Waals surface area contributed by atoms with Crippen LogP contribution >= 0.6 is 0 Å². The molecule has 0 unspecified atom stereocenters. The lowest BCUT2D eigenvalue weighted by molar-refractivity contribution is -0.148. The van der Waals surface area contributed by atoms with Crippen molar-refractivity contribution >= 4 is 17.9 Å². The molecule has 0 spiro atoms. The molecule has 8 heteroatoms. The zero-order chi connectivity index (χ0) is 14.8. The Bertz CT molecular complexity index is 440. The third-order valence-electron chi connectivity index (χ3n) is 1.59. The zero-order valence-electron chi connectivity index (χ0n) is 9.65. The number of carboxylic acids is 3. The number of para-hydroxylation sites is 1. The van der Waals surface area contributed by atoms with E-state index in [2.05, 4.69) is 4.74 Å². The van der Waals surface area contributed by atoms with Crippen LogP contribution in [0, 0.1) is 0 Å².